The molecule has 0 radical (unpaired) electrons. The molecule has 2 aromatic rings. The van der Waals surface area contributed by atoms with Gasteiger partial charge in [-0.3, -0.25) is 9.52 Å². The zero-order valence-electron chi connectivity index (χ0n) is 17.1. The van der Waals surface area contributed by atoms with Crippen molar-refractivity contribution in [2.45, 2.75) is 31.1 Å². The van der Waals surface area contributed by atoms with Gasteiger partial charge in [0.05, 0.1) is 4.90 Å². The van der Waals surface area contributed by atoms with Gasteiger partial charge in [0.15, 0.2) is 0 Å². The van der Waals surface area contributed by atoms with E-state index in [1.807, 2.05) is 0 Å². The van der Waals surface area contributed by atoms with Crippen LogP contribution >= 0.6 is 0 Å². The average Bonchev–Trinajstić information content (AvgIpc) is 2.74. The lowest BCUT2D eigenvalue weighted by molar-refractivity contribution is 0.0942. The van der Waals surface area contributed by atoms with Crippen molar-refractivity contribution in [1.82, 2.24) is 10.2 Å². The molecule has 2 aromatic carbocycles. The first kappa shape index (κ1) is 22.2. The standard InChI is InChI=1S/C22H28FN3O3S/c1-17(16-26-12-3-2-4-13-26)15-24-22(27)18-6-5-7-21(14-18)30(28,29)25-20-10-8-19(23)9-11-20/h5-11,14,17,25H,2-4,12-13,15-16H2,1H3,(H,24,27). The van der Waals surface area contributed by atoms with Crippen LogP contribution < -0.4 is 10.0 Å². The summed E-state index contributed by atoms with van der Waals surface area (Å²) in [6, 6.07) is 10.9. The van der Waals surface area contributed by atoms with E-state index in [1.165, 1.54) is 61.7 Å². The van der Waals surface area contributed by atoms with Gasteiger partial charge in [0, 0.05) is 24.3 Å². The summed E-state index contributed by atoms with van der Waals surface area (Å²) in [5, 5.41) is 2.90. The van der Waals surface area contributed by atoms with E-state index in [0.717, 1.165) is 19.6 Å². The van der Waals surface area contributed by atoms with E-state index in [4.69, 9.17) is 0 Å². The van der Waals surface area contributed by atoms with E-state index in [0.29, 0.717) is 12.5 Å². The van der Waals surface area contributed by atoms with Crippen LogP contribution in [-0.2, 0) is 10.0 Å². The number of carbonyl (C=O) groups is 1. The first-order valence-corrected chi connectivity index (χ1v) is 11.7. The number of nitrogens with zero attached hydrogens (tertiary/aromatic N) is 1. The molecule has 1 aliphatic heterocycles. The first-order chi connectivity index (χ1) is 14.3. The largest absolute Gasteiger partial charge is 0.352 e. The van der Waals surface area contributed by atoms with Crippen LogP contribution in [0.1, 0.15) is 36.5 Å². The van der Waals surface area contributed by atoms with Crippen molar-refractivity contribution in [2.24, 2.45) is 5.92 Å². The summed E-state index contributed by atoms with van der Waals surface area (Å²) in [6.45, 7) is 5.79. The Labute approximate surface area is 177 Å². The van der Waals surface area contributed by atoms with Crippen molar-refractivity contribution < 1.29 is 17.6 Å². The van der Waals surface area contributed by atoms with Gasteiger partial charge in [-0.15, -0.1) is 0 Å². The number of amides is 1. The molecule has 3 rings (SSSR count). The number of hydrogen-bond acceptors (Lipinski definition) is 4. The van der Waals surface area contributed by atoms with Crippen molar-refractivity contribution in [2.75, 3.05) is 30.9 Å². The summed E-state index contributed by atoms with van der Waals surface area (Å²) in [4.78, 5) is 14.9. The number of benzene rings is 2. The lowest BCUT2D eigenvalue weighted by atomic mass is 10.1. The number of piperidine rings is 1. The Morgan fingerprint density at radius 3 is 2.50 bits per heavy atom. The van der Waals surface area contributed by atoms with Gasteiger partial charge < -0.3 is 10.2 Å². The lowest BCUT2D eigenvalue weighted by Crippen LogP contribution is -2.38. The van der Waals surface area contributed by atoms with E-state index in [-0.39, 0.29) is 22.1 Å². The summed E-state index contributed by atoms with van der Waals surface area (Å²) >= 11 is 0. The van der Waals surface area contributed by atoms with Gasteiger partial charge in [-0.05, 0) is 74.3 Å². The second kappa shape index (κ2) is 10.0. The van der Waals surface area contributed by atoms with Crippen LogP contribution in [0.25, 0.3) is 0 Å². The zero-order chi connectivity index (χ0) is 21.6. The third-order valence-corrected chi connectivity index (χ3v) is 6.51. The first-order valence-electron chi connectivity index (χ1n) is 10.2. The molecule has 1 amide bonds. The van der Waals surface area contributed by atoms with Gasteiger partial charge in [0.25, 0.3) is 15.9 Å². The van der Waals surface area contributed by atoms with Crippen LogP contribution in [0.5, 0.6) is 0 Å². The number of rotatable bonds is 8. The number of sulfonamides is 1. The minimum absolute atomic E-state index is 0.0270. The number of carbonyl (C=O) groups excluding carboxylic acids is 1. The van der Waals surface area contributed by atoms with Gasteiger partial charge in [-0.25, -0.2) is 12.8 Å². The number of nitrogens with one attached hydrogen (secondary N) is 2. The van der Waals surface area contributed by atoms with E-state index < -0.39 is 15.8 Å². The highest BCUT2D eigenvalue weighted by Gasteiger charge is 2.18. The zero-order valence-corrected chi connectivity index (χ0v) is 17.9. The molecular weight excluding hydrogens is 405 g/mol. The summed E-state index contributed by atoms with van der Waals surface area (Å²) < 4.78 is 40.6. The monoisotopic (exact) mass is 433 g/mol. The van der Waals surface area contributed by atoms with E-state index in [2.05, 4.69) is 21.9 Å². The third-order valence-electron chi connectivity index (χ3n) is 5.13. The highest BCUT2D eigenvalue weighted by Crippen LogP contribution is 2.18. The second-order valence-corrected chi connectivity index (χ2v) is 9.50. The molecule has 0 spiro atoms. The van der Waals surface area contributed by atoms with Gasteiger partial charge in [-0.1, -0.05) is 19.4 Å². The molecular formula is C22H28FN3O3S. The Morgan fingerprint density at radius 2 is 1.80 bits per heavy atom. The molecule has 1 fully saturated rings. The topological polar surface area (TPSA) is 78.5 Å². The molecule has 30 heavy (non-hydrogen) atoms. The van der Waals surface area contributed by atoms with E-state index >= 15 is 0 Å². The van der Waals surface area contributed by atoms with Gasteiger partial charge >= 0.3 is 0 Å². The van der Waals surface area contributed by atoms with E-state index in [1.54, 1.807) is 6.07 Å². The number of hydrogen-bond donors (Lipinski definition) is 2. The smallest absolute Gasteiger partial charge is 0.261 e. The Hall–Kier alpha value is -2.45. The van der Waals surface area contributed by atoms with Crippen molar-refractivity contribution >= 4 is 21.6 Å². The summed E-state index contributed by atoms with van der Waals surface area (Å²) in [5.74, 6) is -0.454. The third kappa shape index (κ3) is 6.27. The molecule has 0 aromatic heterocycles. The molecule has 1 saturated heterocycles. The fourth-order valence-electron chi connectivity index (χ4n) is 3.55. The minimum atomic E-state index is -3.89. The quantitative estimate of drug-likeness (QED) is 0.668. The number of halogens is 1. The second-order valence-electron chi connectivity index (χ2n) is 7.82. The van der Waals surface area contributed by atoms with Crippen molar-refractivity contribution in [3.05, 3.63) is 59.9 Å². The minimum Gasteiger partial charge on any atom is -0.352 e. The molecule has 0 bridgehead atoms. The molecule has 1 aliphatic rings. The highest BCUT2D eigenvalue weighted by atomic mass is 32.2. The van der Waals surface area contributed by atoms with Crippen LogP contribution in [-0.4, -0.2) is 45.4 Å². The maximum atomic E-state index is 13.0. The Kier molecular flexibility index (Phi) is 7.44. The molecule has 1 atom stereocenters. The van der Waals surface area contributed by atoms with Crippen molar-refractivity contribution in [1.29, 1.82) is 0 Å². The molecule has 6 nitrogen and oxygen atoms in total. The average molecular weight is 434 g/mol. The van der Waals surface area contributed by atoms with Gasteiger partial charge in [-0.2, -0.15) is 0 Å². The number of likely N-dealkylation sites (tertiary alicyclic amines) is 1. The molecule has 1 unspecified atom stereocenters. The predicted molar refractivity (Wildman–Crippen MR) is 115 cm³/mol. The SMILES string of the molecule is CC(CNC(=O)c1cccc(S(=O)(=O)Nc2ccc(F)cc2)c1)CN1CCCCC1. The Morgan fingerprint density at radius 1 is 1.10 bits per heavy atom. The summed E-state index contributed by atoms with van der Waals surface area (Å²) in [5.41, 5.74) is 0.528. The van der Waals surface area contributed by atoms with Crippen molar-refractivity contribution in [3.63, 3.8) is 0 Å². The van der Waals surface area contributed by atoms with E-state index in [9.17, 15) is 17.6 Å². The van der Waals surface area contributed by atoms with Crippen LogP contribution in [0, 0.1) is 11.7 Å². The maximum Gasteiger partial charge on any atom is 0.261 e. The molecule has 0 saturated carbocycles. The van der Waals surface area contributed by atoms with Crippen LogP contribution in [0.2, 0.25) is 0 Å². The normalized spacial score (nSPS) is 16.1. The van der Waals surface area contributed by atoms with Gasteiger partial charge in [0.2, 0.25) is 0 Å². The molecule has 162 valence electrons. The van der Waals surface area contributed by atoms with Crippen LogP contribution in [0.4, 0.5) is 10.1 Å². The lowest BCUT2D eigenvalue weighted by Gasteiger charge is -2.29. The van der Waals surface area contributed by atoms with Crippen LogP contribution in [0.15, 0.2) is 53.4 Å². The molecule has 1 heterocycles. The fourth-order valence-corrected chi connectivity index (χ4v) is 4.66. The fraction of sp³-hybridized carbons (Fsp3) is 0.409. The highest BCUT2D eigenvalue weighted by molar-refractivity contribution is 7.92. The van der Waals surface area contributed by atoms with Crippen molar-refractivity contribution in [3.8, 4) is 0 Å². The summed E-state index contributed by atoms with van der Waals surface area (Å²) in [7, 11) is -3.89. The number of anilines is 1. The predicted octanol–water partition coefficient (Wildman–Crippen LogP) is 3.48. The molecule has 0 aliphatic carbocycles. The summed E-state index contributed by atoms with van der Waals surface area (Å²) in [6.07, 6.45) is 3.75. The Bertz CT molecular complexity index is 958. The Balaban J connectivity index is 1.59. The maximum absolute atomic E-state index is 13.0. The molecule has 2 N–H and O–H groups in total. The van der Waals surface area contributed by atoms with Gasteiger partial charge in [0.1, 0.15) is 5.82 Å². The van der Waals surface area contributed by atoms with Crippen LogP contribution in [0.3, 0.4) is 0 Å². The molecule has 8 heteroatoms.